The second-order valence-electron chi connectivity index (χ2n) is 7.61. The van der Waals surface area contributed by atoms with Crippen molar-refractivity contribution in [2.24, 2.45) is 0 Å². The molecule has 2 aliphatic rings. The number of amides is 1. The molecular weight excluding hydrogens is 326 g/mol. The van der Waals surface area contributed by atoms with Crippen LogP contribution in [0.15, 0.2) is 24.3 Å². The zero-order valence-electron chi connectivity index (χ0n) is 16.3. The molecule has 0 saturated carbocycles. The van der Waals surface area contributed by atoms with Crippen LogP contribution in [0.25, 0.3) is 0 Å². The summed E-state index contributed by atoms with van der Waals surface area (Å²) in [5.41, 5.74) is 1.22. The molecule has 5 nitrogen and oxygen atoms in total. The lowest BCUT2D eigenvalue weighted by molar-refractivity contribution is -0.136. The van der Waals surface area contributed by atoms with E-state index in [1.807, 2.05) is 12.1 Å². The average Bonchev–Trinajstić information content (AvgIpc) is 3.02. The number of hydrogen-bond donors (Lipinski definition) is 0. The molecule has 26 heavy (non-hydrogen) atoms. The van der Waals surface area contributed by atoms with E-state index in [-0.39, 0.29) is 6.04 Å². The Hall–Kier alpha value is -1.59. The van der Waals surface area contributed by atoms with Gasteiger partial charge in [-0.3, -0.25) is 14.6 Å². The standard InChI is InChI=1S/C21H33N3O2/c1-22-12-7-3-4-10-19(22)21(25)24-14-8-13-23(15-16-24)17-18-9-5-6-11-20(18)26-2/h5-6,9,11,19H,3-4,7-8,10,12-17H2,1-2H3. The summed E-state index contributed by atoms with van der Waals surface area (Å²) in [5, 5.41) is 0. The van der Waals surface area contributed by atoms with Crippen molar-refractivity contribution in [2.45, 2.75) is 44.7 Å². The van der Waals surface area contributed by atoms with Crippen molar-refractivity contribution in [2.75, 3.05) is 46.9 Å². The number of rotatable bonds is 4. The van der Waals surface area contributed by atoms with Gasteiger partial charge in [-0.15, -0.1) is 0 Å². The Labute approximate surface area is 157 Å². The van der Waals surface area contributed by atoms with E-state index in [0.29, 0.717) is 5.91 Å². The normalized spacial score (nSPS) is 23.3. The Balaban J connectivity index is 1.58. The molecule has 2 fully saturated rings. The van der Waals surface area contributed by atoms with E-state index < -0.39 is 0 Å². The first-order chi connectivity index (χ1) is 12.7. The molecule has 144 valence electrons. The topological polar surface area (TPSA) is 36.0 Å². The Morgan fingerprint density at radius 3 is 2.73 bits per heavy atom. The van der Waals surface area contributed by atoms with Crippen LogP contribution >= 0.6 is 0 Å². The number of para-hydroxylation sites is 1. The fourth-order valence-corrected chi connectivity index (χ4v) is 4.20. The number of carbonyl (C=O) groups excluding carboxylic acids is 1. The minimum Gasteiger partial charge on any atom is -0.496 e. The highest BCUT2D eigenvalue weighted by atomic mass is 16.5. The van der Waals surface area contributed by atoms with Gasteiger partial charge < -0.3 is 9.64 Å². The number of likely N-dealkylation sites (tertiary alicyclic amines) is 1. The van der Waals surface area contributed by atoms with Gasteiger partial charge in [-0.2, -0.15) is 0 Å². The van der Waals surface area contributed by atoms with Crippen LogP contribution in [-0.2, 0) is 11.3 Å². The monoisotopic (exact) mass is 359 g/mol. The summed E-state index contributed by atoms with van der Waals surface area (Å²) in [5.74, 6) is 1.29. The quantitative estimate of drug-likeness (QED) is 0.828. The predicted molar refractivity (Wildman–Crippen MR) is 104 cm³/mol. The molecule has 0 spiro atoms. The van der Waals surface area contributed by atoms with Crippen molar-refractivity contribution in [3.8, 4) is 5.75 Å². The summed E-state index contributed by atoms with van der Waals surface area (Å²) in [6.07, 6.45) is 5.69. The number of ether oxygens (including phenoxy) is 1. The van der Waals surface area contributed by atoms with Crippen molar-refractivity contribution >= 4 is 5.91 Å². The molecule has 5 heteroatoms. The lowest BCUT2D eigenvalue weighted by atomic mass is 10.1. The lowest BCUT2D eigenvalue weighted by Gasteiger charge is -2.30. The fraction of sp³-hybridized carbons (Fsp3) is 0.667. The van der Waals surface area contributed by atoms with E-state index in [1.165, 1.54) is 24.8 Å². The number of hydrogen-bond acceptors (Lipinski definition) is 4. The van der Waals surface area contributed by atoms with Crippen molar-refractivity contribution in [1.82, 2.24) is 14.7 Å². The second-order valence-corrected chi connectivity index (χ2v) is 7.61. The molecule has 2 aliphatic heterocycles. The van der Waals surface area contributed by atoms with E-state index in [4.69, 9.17) is 4.74 Å². The summed E-state index contributed by atoms with van der Waals surface area (Å²) in [6.45, 7) is 5.60. The molecule has 2 saturated heterocycles. The van der Waals surface area contributed by atoms with Gasteiger partial charge in [-0.05, 0) is 38.9 Å². The first kappa shape index (κ1) is 19.2. The van der Waals surface area contributed by atoms with E-state index in [2.05, 4.69) is 33.9 Å². The highest BCUT2D eigenvalue weighted by molar-refractivity contribution is 5.82. The molecule has 2 heterocycles. The Morgan fingerprint density at radius 1 is 1.04 bits per heavy atom. The van der Waals surface area contributed by atoms with Gasteiger partial charge in [-0.25, -0.2) is 0 Å². The number of carbonyl (C=O) groups is 1. The van der Waals surface area contributed by atoms with Gasteiger partial charge in [0.2, 0.25) is 5.91 Å². The maximum atomic E-state index is 13.1. The molecule has 1 unspecified atom stereocenters. The van der Waals surface area contributed by atoms with Gasteiger partial charge >= 0.3 is 0 Å². The number of methoxy groups -OCH3 is 1. The minimum absolute atomic E-state index is 0.0817. The maximum Gasteiger partial charge on any atom is 0.239 e. The first-order valence-corrected chi connectivity index (χ1v) is 10.0. The maximum absolute atomic E-state index is 13.1. The summed E-state index contributed by atoms with van der Waals surface area (Å²) in [7, 11) is 3.84. The van der Waals surface area contributed by atoms with Crippen LogP contribution in [0.1, 0.15) is 37.7 Å². The number of likely N-dealkylation sites (N-methyl/N-ethyl adjacent to an activating group) is 1. The fourth-order valence-electron chi connectivity index (χ4n) is 4.20. The van der Waals surface area contributed by atoms with Gasteiger partial charge in [0.05, 0.1) is 13.2 Å². The van der Waals surface area contributed by atoms with Gasteiger partial charge in [0.1, 0.15) is 5.75 Å². The summed E-state index contributed by atoms with van der Waals surface area (Å²) in [4.78, 5) is 19.9. The van der Waals surface area contributed by atoms with Gasteiger partial charge in [0, 0.05) is 38.3 Å². The molecule has 1 aromatic rings. The molecular formula is C21H33N3O2. The minimum atomic E-state index is 0.0817. The zero-order chi connectivity index (χ0) is 18.4. The predicted octanol–water partition coefficient (Wildman–Crippen LogP) is 2.60. The molecule has 0 aliphatic carbocycles. The third-order valence-electron chi connectivity index (χ3n) is 5.79. The van der Waals surface area contributed by atoms with E-state index in [0.717, 1.165) is 57.9 Å². The molecule has 1 aromatic carbocycles. The third-order valence-corrected chi connectivity index (χ3v) is 5.79. The summed E-state index contributed by atoms with van der Waals surface area (Å²) >= 11 is 0. The molecule has 0 radical (unpaired) electrons. The van der Waals surface area contributed by atoms with E-state index in [1.54, 1.807) is 7.11 Å². The largest absolute Gasteiger partial charge is 0.496 e. The lowest BCUT2D eigenvalue weighted by Crippen LogP contribution is -2.48. The first-order valence-electron chi connectivity index (χ1n) is 10.0. The van der Waals surface area contributed by atoms with Crippen LogP contribution in [0.4, 0.5) is 0 Å². The van der Waals surface area contributed by atoms with E-state index in [9.17, 15) is 4.79 Å². The van der Waals surface area contributed by atoms with Gasteiger partial charge in [0.15, 0.2) is 0 Å². The zero-order valence-corrected chi connectivity index (χ0v) is 16.3. The van der Waals surface area contributed by atoms with E-state index >= 15 is 0 Å². The highest BCUT2D eigenvalue weighted by Gasteiger charge is 2.29. The van der Waals surface area contributed by atoms with Crippen LogP contribution in [0.5, 0.6) is 5.75 Å². The van der Waals surface area contributed by atoms with Crippen LogP contribution in [-0.4, -0.2) is 73.5 Å². The molecule has 0 bridgehead atoms. The number of benzene rings is 1. The SMILES string of the molecule is COc1ccccc1CN1CCCN(C(=O)C2CCCCCN2C)CC1. The highest BCUT2D eigenvalue weighted by Crippen LogP contribution is 2.21. The summed E-state index contributed by atoms with van der Waals surface area (Å²) < 4.78 is 5.48. The van der Waals surface area contributed by atoms with Gasteiger partial charge in [-0.1, -0.05) is 31.0 Å². The Kier molecular flexibility index (Phi) is 6.92. The van der Waals surface area contributed by atoms with Crippen molar-refractivity contribution in [3.63, 3.8) is 0 Å². The molecule has 0 aromatic heterocycles. The van der Waals surface area contributed by atoms with Crippen molar-refractivity contribution in [1.29, 1.82) is 0 Å². The average molecular weight is 360 g/mol. The molecule has 3 rings (SSSR count). The third kappa shape index (κ3) is 4.77. The molecule has 1 atom stereocenters. The van der Waals surface area contributed by atoms with Gasteiger partial charge in [0.25, 0.3) is 0 Å². The summed E-state index contributed by atoms with van der Waals surface area (Å²) in [6, 6.07) is 8.30. The molecule has 1 amide bonds. The Morgan fingerprint density at radius 2 is 1.88 bits per heavy atom. The second kappa shape index (κ2) is 9.38. The van der Waals surface area contributed by atoms with Crippen molar-refractivity contribution in [3.05, 3.63) is 29.8 Å². The van der Waals surface area contributed by atoms with Crippen molar-refractivity contribution < 1.29 is 9.53 Å². The smallest absolute Gasteiger partial charge is 0.239 e. The molecule has 0 N–H and O–H groups in total. The van der Waals surface area contributed by atoms with Crippen LogP contribution in [0, 0.1) is 0 Å². The number of nitrogens with zero attached hydrogens (tertiary/aromatic N) is 3. The Bertz CT molecular complexity index is 592. The van der Waals surface area contributed by atoms with Crippen LogP contribution in [0.3, 0.4) is 0 Å². The van der Waals surface area contributed by atoms with Crippen LogP contribution in [0.2, 0.25) is 0 Å². The van der Waals surface area contributed by atoms with Crippen LogP contribution < -0.4 is 4.74 Å².